The zero-order valence-electron chi connectivity index (χ0n) is 10.2. The van der Waals surface area contributed by atoms with E-state index in [9.17, 15) is 0 Å². The van der Waals surface area contributed by atoms with Gasteiger partial charge in [0.15, 0.2) is 4.96 Å². The van der Waals surface area contributed by atoms with Gasteiger partial charge in [0.1, 0.15) is 0 Å². The first-order valence-electron chi connectivity index (χ1n) is 6.04. The minimum Gasteiger partial charge on any atom is -0.290 e. The van der Waals surface area contributed by atoms with E-state index in [4.69, 9.17) is 16.6 Å². The van der Waals surface area contributed by atoms with Gasteiger partial charge in [0.05, 0.1) is 15.9 Å². The van der Waals surface area contributed by atoms with Crippen LogP contribution in [0.5, 0.6) is 0 Å². The molecule has 0 aliphatic heterocycles. The molecule has 0 aliphatic rings. The summed E-state index contributed by atoms with van der Waals surface area (Å²) in [5.74, 6) is 0. The van der Waals surface area contributed by atoms with Crippen molar-refractivity contribution in [3.05, 3.63) is 58.2 Å². The third kappa shape index (κ3) is 1.95. The molecule has 0 atom stereocenters. The molecule has 2 heterocycles. The van der Waals surface area contributed by atoms with Gasteiger partial charge >= 0.3 is 0 Å². The molecule has 4 rings (SSSR count). The zero-order chi connectivity index (χ0) is 13.7. The predicted octanol–water partition coefficient (Wildman–Crippen LogP) is 5.63. The Kier molecular flexibility index (Phi) is 2.84. The minimum atomic E-state index is 0.729. The first-order chi connectivity index (χ1) is 9.70. The number of hydrogen-bond donors (Lipinski definition) is 0. The number of rotatable bonds is 1. The lowest BCUT2D eigenvalue weighted by Gasteiger charge is -1.96. The van der Waals surface area contributed by atoms with Crippen molar-refractivity contribution in [3.63, 3.8) is 0 Å². The Hall–Kier alpha value is -1.36. The average molecular weight is 364 g/mol. The van der Waals surface area contributed by atoms with Crippen molar-refractivity contribution in [2.75, 3.05) is 0 Å². The van der Waals surface area contributed by atoms with Crippen LogP contribution in [-0.2, 0) is 0 Å². The molecule has 0 amide bonds. The van der Waals surface area contributed by atoms with Crippen LogP contribution < -0.4 is 0 Å². The number of fused-ring (bicyclic) bond motifs is 3. The van der Waals surface area contributed by atoms with E-state index in [1.165, 1.54) is 10.2 Å². The Morgan fingerprint density at radius 2 is 2.05 bits per heavy atom. The van der Waals surface area contributed by atoms with Gasteiger partial charge in [-0.05, 0) is 30.3 Å². The molecule has 4 aromatic rings. The molecule has 2 nitrogen and oxygen atoms in total. The Bertz CT molecular complexity index is 942. The Morgan fingerprint density at radius 3 is 2.90 bits per heavy atom. The molecule has 5 heteroatoms. The fourth-order valence-electron chi connectivity index (χ4n) is 2.26. The van der Waals surface area contributed by atoms with E-state index in [1.807, 2.05) is 30.3 Å². The Morgan fingerprint density at radius 1 is 1.15 bits per heavy atom. The molecule has 0 unspecified atom stereocenters. The molecule has 0 bridgehead atoms. The Labute approximate surface area is 132 Å². The highest BCUT2D eigenvalue weighted by molar-refractivity contribution is 9.10. The second-order valence-electron chi connectivity index (χ2n) is 4.50. The quantitative estimate of drug-likeness (QED) is 0.428. The summed E-state index contributed by atoms with van der Waals surface area (Å²) < 4.78 is 4.44. The third-order valence-corrected chi connectivity index (χ3v) is 4.92. The van der Waals surface area contributed by atoms with Gasteiger partial charge in [0, 0.05) is 21.3 Å². The standard InChI is InChI=1S/C15H8BrClN2S/c16-10-4-5-13-14(7-10)20-15-18-12(8-19(13)15)9-2-1-3-11(17)6-9/h1-8H. The van der Waals surface area contributed by atoms with Gasteiger partial charge in [-0.15, -0.1) is 0 Å². The van der Waals surface area contributed by atoms with E-state index in [-0.39, 0.29) is 0 Å². The highest BCUT2D eigenvalue weighted by Crippen LogP contribution is 2.31. The second kappa shape index (κ2) is 4.58. The Balaban J connectivity index is 1.95. The van der Waals surface area contributed by atoms with Crippen LogP contribution in [-0.4, -0.2) is 9.38 Å². The van der Waals surface area contributed by atoms with Gasteiger partial charge in [-0.3, -0.25) is 4.40 Å². The lowest BCUT2D eigenvalue weighted by molar-refractivity contribution is 1.30. The summed E-state index contributed by atoms with van der Waals surface area (Å²) in [6.07, 6.45) is 2.06. The summed E-state index contributed by atoms with van der Waals surface area (Å²) >= 11 is 11.2. The summed E-state index contributed by atoms with van der Waals surface area (Å²) in [5.41, 5.74) is 3.16. The molecule has 20 heavy (non-hydrogen) atoms. The van der Waals surface area contributed by atoms with Gasteiger partial charge in [-0.2, -0.15) is 0 Å². The zero-order valence-corrected chi connectivity index (χ0v) is 13.3. The monoisotopic (exact) mass is 362 g/mol. The van der Waals surface area contributed by atoms with Crippen molar-refractivity contribution in [1.82, 2.24) is 9.38 Å². The van der Waals surface area contributed by atoms with E-state index in [0.29, 0.717) is 0 Å². The second-order valence-corrected chi connectivity index (χ2v) is 6.86. The molecule has 0 aliphatic carbocycles. The molecule has 0 N–H and O–H groups in total. The molecular formula is C15H8BrClN2S. The van der Waals surface area contributed by atoms with Crippen molar-refractivity contribution < 1.29 is 0 Å². The molecule has 98 valence electrons. The number of hydrogen-bond acceptors (Lipinski definition) is 2. The van der Waals surface area contributed by atoms with E-state index < -0.39 is 0 Å². The maximum absolute atomic E-state index is 6.04. The first-order valence-corrected chi connectivity index (χ1v) is 8.02. The number of halogens is 2. The largest absolute Gasteiger partial charge is 0.290 e. The summed E-state index contributed by atoms with van der Waals surface area (Å²) in [6.45, 7) is 0. The number of aromatic nitrogens is 2. The van der Waals surface area contributed by atoms with Gasteiger partial charge < -0.3 is 0 Å². The normalized spacial score (nSPS) is 11.5. The lowest BCUT2D eigenvalue weighted by Crippen LogP contribution is -1.78. The van der Waals surface area contributed by atoms with Crippen molar-refractivity contribution in [2.45, 2.75) is 0 Å². The molecule has 2 aromatic carbocycles. The van der Waals surface area contributed by atoms with Crippen LogP contribution in [0.15, 0.2) is 53.1 Å². The van der Waals surface area contributed by atoms with Crippen LogP contribution in [0, 0.1) is 0 Å². The molecule has 0 spiro atoms. The highest BCUT2D eigenvalue weighted by Gasteiger charge is 2.10. The summed E-state index contributed by atoms with van der Waals surface area (Å²) in [6, 6.07) is 14.0. The molecule has 0 saturated heterocycles. The van der Waals surface area contributed by atoms with Gasteiger partial charge in [-0.25, -0.2) is 4.98 Å². The van der Waals surface area contributed by atoms with Gasteiger partial charge in [0.2, 0.25) is 0 Å². The number of imidazole rings is 1. The molecule has 2 aromatic heterocycles. The maximum Gasteiger partial charge on any atom is 0.195 e. The van der Waals surface area contributed by atoms with Gasteiger partial charge in [-0.1, -0.05) is 51.0 Å². The lowest BCUT2D eigenvalue weighted by atomic mass is 10.2. The van der Waals surface area contributed by atoms with E-state index >= 15 is 0 Å². The maximum atomic E-state index is 6.04. The smallest absolute Gasteiger partial charge is 0.195 e. The molecule has 0 saturated carbocycles. The van der Waals surface area contributed by atoms with Crippen LogP contribution in [0.3, 0.4) is 0 Å². The summed E-state index contributed by atoms with van der Waals surface area (Å²) in [5, 5.41) is 0.729. The number of nitrogens with zero attached hydrogens (tertiary/aromatic N) is 2. The molecule has 0 fully saturated rings. The number of benzene rings is 2. The first kappa shape index (κ1) is 12.4. The molecular weight excluding hydrogens is 356 g/mol. The SMILES string of the molecule is Clc1cccc(-c2cn3c(n2)sc2cc(Br)ccc23)c1. The summed E-state index contributed by atoms with van der Waals surface area (Å²) in [7, 11) is 0. The van der Waals surface area contributed by atoms with Crippen LogP contribution in [0.4, 0.5) is 0 Å². The van der Waals surface area contributed by atoms with Gasteiger partial charge in [0.25, 0.3) is 0 Å². The third-order valence-electron chi connectivity index (χ3n) is 3.18. The van der Waals surface area contributed by atoms with Crippen LogP contribution in [0.2, 0.25) is 5.02 Å². The van der Waals surface area contributed by atoms with Crippen LogP contribution >= 0.6 is 38.9 Å². The average Bonchev–Trinajstić information content (AvgIpc) is 2.95. The van der Waals surface area contributed by atoms with Crippen LogP contribution in [0.1, 0.15) is 0 Å². The highest BCUT2D eigenvalue weighted by atomic mass is 79.9. The fraction of sp³-hybridized carbons (Fsp3) is 0. The van der Waals surface area contributed by atoms with Crippen molar-refractivity contribution in [1.29, 1.82) is 0 Å². The van der Waals surface area contributed by atoms with E-state index in [1.54, 1.807) is 11.3 Å². The predicted molar refractivity (Wildman–Crippen MR) is 88.7 cm³/mol. The number of thiazole rings is 1. The minimum absolute atomic E-state index is 0.729. The van der Waals surface area contributed by atoms with Crippen molar-refractivity contribution in [2.24, 2.45) is 0 Å². The van der Waals surface area contributed by atoms with Crippen molar-refractivity contribution >= 4 is 54.0 Å². The summed E-state index contributed by atoms with van der Waals surface area (Å²) in [4.78, 5) is 5.69. The van der Waals surface area contributed by atoms with E-state index in [0.717, 1.165) is 25.7 Å². The topological polar surface area (TPSA) is 17.3 Å². The van der Waals surface area contributed by atoms with E-state index in [2.05, 4.69) is 38.7 Å². The molecule has 0 radical (unpaired) electrons. The van der Waals surface area contributed by atoms with Crippen molar-refractivity contribution in [3.8, 4) is 11.3 Å². The fourth-order valence-corrected chi connectivity index (χ4v) is 4.01. The van der Waals surface area contributed by atoms with Crippen LogP contribution in [0.25, 0.3) is 26.4 Å².